The van der Waals surface area contributed by atoms with Gasteiger partial charge in [0.15, 0.2) is 0 Å². The topological polar surface area (TPSA) is 98.7 Å². The van der Waals surface area contributed by atoms with Crippen LogP contribution in [-0.2, 0) is 17.8 Å². The average molecular weight is 395 g/mol. The Morgan fingerprint density at radius 1 is 0.897 bits per heavy atom. The van der Waals surface area contributed by atoms with Crippen LogP contribution in [-0.4, -0.2) is 41.0 Å². The number of urea groups is 1. The van der Waals surface area contributed by atoms with Crippen LogP contribution in [0.3, 0.4) is 0 Å². The van der Waals surface area contributed by atoms with Crippen LogP contribution in [0.25, 0.3) is 0 Å². The molecular formula is C22H25N3O4. The number of carbonyl (C=O) groups excluding carboxylic acids is 2. The van der Waals surface area contributed by atoms with E-state index in [4.69, 9.17) is 5.11 Å². The second-order valence-electron chi connectivity index (χ2n) is 7.09. The summed E-state index contributed by atoms with van der Waals surface area (Å²) >= 11 is 0. The summed E-state index contributed by atoms with van der Waals surface area (Å²) in [6.07, 6.45) is 3.39. The number of hydrogen-bond donors (Lipinski definition) is 3. The van der Waals surface area contributed by atoms with E-state index >= 15 is 0 Å². The van der Waals surface area contributed by atoms with Crippen molar-refractivity contribution in [2.24, 2.45) is 0 Å². The number of carbonyl (C=O) groups is 3. The highest BCUT2D eigenvalue weighted by atomic mass is 16.4. The molecule has 0 bridgehead atoms. The number of carboxylic acid groups (broad SMARTS) is 1. The SMILES string of the molecule is O=C(NCc1ccc(C(=O)O)cc1)Nc1ccc(CCC(=O)N2CCCC2)cc1. The molecule has 3 amide bonds. The summed E-state index contributed by atoms with van der Waals surface area (Å²) < 4.78 is 0. The molecule has 0 unspecified atom stereocenters. The summed E-state index contributed by atoms with van der Waals surface area (Å²) in [5, 5.41) is 14.4. The lowest BCUT2D eigenvalue weighted by Crippen LogP contribution is -2.28. The van der Waals surface area contributed by atoms with Crippen LogP contribution >= 0.6 is 0 Å². The van der Waals surface area contributed by atoms with Crippen LogP contribution in [0, 0.1) is 0 Å². The van der Waals surface area contributed by atoms with Crippen LogP contribution < -0.4 is 10.6 Å². The van der Waals surface area contributed by atoms with Crippen molar-refractivity contribution < 1.29 is 19.5 Å². The van der Waals surface area contributed by atoms with E-state index < -0.39 is 5.97 Å². The van der Waals surface area contributed by atoms with Gasteiger partial charge < -0.3 is 20.6 Å². The van der Waals surface area contributed by atoms with Crippen LogP contribution in [0.1, 0.15) is 40.7 Å². The molecule has 29 heavy (non-hydrogen) atoms. The van der Waals surface area contributed by atoms with Crippen molar-refractivity contribution in [3.8, 4) is 0 Å². The Bertz CT molecular complexity index is 857. The molecule has 0 aliphatic carbocycles. The molecule has 1 fully saturated rings. The van der Waals surface area contributed by atoms with E-state index in [0.717, 1.165) is 37.1 Å². The first-order valence-electron chi connectivity index (χ1n) is 9.75. The van der Waals surface area contributed by atoms with Crippen LogP contribution in [0.15, 0.2) is 48.5 Å². The van der Waals surface area contributed by atoms with E-state index in [2.05, 4.69) is 10.6 Å². The van der Waals surface area contributed by atoms with Crippen molar-refractivity contribution in [3.63, 3.8) is 0 Å². The van der Waals surface area contributed by atoms with Gasteiger partial charge in [0.2, 0.25) is 5.91 Å². The molecule has 1 saturated heterocycles. The standard InChI is InChI=1S/C22H25N3O4/c26-20(25-13-1-2-14-25)12-7-16-5-10-19(11-6-16)24-22(29)23-15-17-3-8-18(9-4-17)21(27)28/h3-6,8-11H,1-2,7,12-15H2,(H,27,28)(H2,23,24,29). The molecule has 2 aromatic rings. The smallest absolute Gasteiger partial charge is 0.335 e. The first-order chi connectivity index (χ1) is 14.0. The van der Waals surface area contributed by atoms with E-state index in [1.54, 1.807) is 12.1 Å². The zero-order chi connectivity index (χ0) is 20.6. The van der Waals surface area contributed by atoms with Gasteiger partial charge >= 0.3 is 12.0 Å². The van der Waals surface area contributed by atoms with Crippen LogP contribution in [0.4, 0.5) is 10.5 Å². The van der Waals surface area contributed by atoms with Crippen molar-refractivity contribution in [1.29, 1.82) is 0 Å². The highest BCUT2D eigenvalue weighted by molar-refractivity contribution is 5.89. The molecule has 0 radical (unpaired) electrons. The Hall–Kier alpha value is -3.35. The largest absolute Gasteiger partial charge is 0.478 e. The Morgan fingerprint density at radius 3 is 2.14 bits per heavy atom. The van der Waals surface area contributed by atoms with Gasteiger partial charge in [0.1, 0.15) is 0 Å². The minimum Gasteiger partial charge on any atom is -0.478 e. The normalized spacial score (nSPS) is 13.2. The minimum absolute atomic E-state index is 0.209. The molecule has 152 valence electrons. The monoisotopic (exact) mass is 395 g/mol. The fourth-order valence-electron chi connectivity index (χ4n) is 3.25. The number of benzene rings is 2. The van der Waals surface area contributed by atoms with Gasteiger partial charge in [-0.2, -0.15) is 0 Å². The molecule has 1 aliphatic heterocycles. The molecule has 0 saturated carbocycles. The predicted molar refractivity (Wildman–Crippen MR) is 110 cm³/mol. The van der Waals surface area contributed by atoms with E-state index in [-0.39, 0.29) is 17.5 Å². The van der Waals surface area contributed by atoms with Gasteiger partial charge in [-0.15, -0.1) is 0 Å². The van der Waals surface area contributed by atoms with E-state index in [0.29, 0.717) is 25.1 Å². The van der Waals surface area contributed by atoms with Crippen molar-refractivity contribution >= 4 is 23.6 Å². The zero-order valence-electron chi connectivity index (χ0n) is 16.2. The molecule has 7 nitrogen and oxygen atoms in total. The fraction of sp³-hybridized carbons (Fsp3) is 0.318. The summed E-state index contributed by atoms with van der Waals surface area (Å²) in [5.41, 5.74) is 2.74. The molecule has 1 heterocycles. The van der Waals surface area contributed by atoms with E-state index in [1.807, 2.05) is 29.2 Å². The van der Waals surface area contributed by atoms with Crippen LogP contribution in [0.2, 0.25) is 0 Å². The first-order valence-corrected chi connectivity index (χ1v) is 9.75. The molecule has 3 N–H and O–H groups in total. The molecule has 1 aliphatic rings. The third-order valence-electron chi connectivity index (χ3n) is 4.95. The average Bonchev–Trinajstić information content (AvgIpc) is 3.27. The summed E-state index contributed by atoms with van der Waals surface area (Å²) in [6, 6.07) is 13.5. The molecule has 0 aromatic heterocycles. The second-order valence-corrected chi connectivity index (χ2v) is 7.09. The number of likely N-dealkylation sites (tertiary alicyclic amines) is 1. The Balaban J connectivity index is 1.42. The number of carboxylic acids is 1. The van der Waals surface area contributed by atoms with Gasteiger partial charge in [-0.1, -0.05) is 24.3 Å². The van der Waals surface area contributed by atoms with E-state index in [1.165, 1.54) is 12.1 Å². The Kier molecular flexibility index (Phi) is 6.84. The van der Waals surface area contributed by atoms with Crippen molar-refractivity contribution in [1.82, 2.24) is 10.2 Å². The molecule has 7 heteroatoms. The first kappa shape index (κ1) is 20.4. The lowest BCUT2D eigenvalue weighted by molar-refractivity contribution is -0.130. The quantitative estimate of drug-likeness (QED) is 0.670. The van der Waals surface area contributed by atoms with Crippen molar-refractivity contribution in [3.05, 3.63) is 65.2 Å². The highest BCUT2D eigenvalue weighted by Gasteiger charge is 2.17. The third kappa shape index (κ3) is 6.07. The van der Waals surface area contributed by atoms with Gasteiger partial charge in [-0.05, 0) is 54.7 Å². The van der Waals surface area contributed by atoms with Gasteiger partial charge in [-0.3, -0.25) is 4.79 Å². The predicted octanol–water partition coefficient (Wildman–Crippen LogP) is 3.26. The second kappa shape index (κ2) is 9.73. The number of amides is 3. The molecule has 0 spiro atoms. The molecule has 0 atom stereocenters. The van der Waals surface area contributed by atoms with Gasteiger partial charge in [0.05, 0.1) is 5.56 Å². The summed E-state index contributed by atoms with van der Waals surface area (Å²) in [7, 11) is 0. The Morgan fingerprint density at radius 2 is 1.52 bits per heavy atom. The zero-order valence-corrected chi connectivity index (χ0v) is 16.2. The lowest BCUT2D eigenvalue weighted by atomic mass is 10.1. The molecular weight excluding hydrogens is 370 g/mol. The fourth-order valence-corrected chi connectivity index (χ4v) is 3.25. The summed E-state index contributed by atoms with van der Waals surface area (Å²) in [4.78, 5) is 36.9. The maximum absolute atomic E-state index is 12.1. The maximum atomic E-state index is 12.1. The lowest BCUT2D eigenvalue weighted by Gasteiger charge is -2.15. The van der Waals surface area contributed by atoms with Crippen LogP contribution in [0.5, 0.6) is 0 Å². The number of aryl methyl sites for hydroxylation is 1. The van der Waals surface area contributed by atoms with E-state index in [9.17, 15) is 14.4 Å². The highest BCUT2D eigenvalue weighted by Crippen LogP contribution is 2.14. The van der Waals surface area contributed by atoms with Gasteiger partial charge in [0, 0.05) is 31.7 Å². The summed E-state index contributed by atoms with van der Waals surface area (Å²) in [6.45, 7) is 2.05. The number of nitrogens with one attached hydrogen (secondary N) is 2. The van der Waals surface area contributed by atoms with Crippen molar-refractivity contribution in [2.75, 3.05) is 18.4 Å². The van der Waals surface area contributed by atoms with Gasteiger partial charge in [-0.25, -0.2) is 9.59 Å². The molecule has 3 rings (SSSR count). The third-order valence-corrected chi connectivity index (χ3v) is 4.95. The number of nitrogens with zero attached hydrogens (tertiary/aromatic N) is 1. The number of hydrogen-bond acceptors (Lipinski definition) is 3. The maximum Gasteiger partial charge on any atom is 0.335 e. The Labute approximate surface area is 169 Å². The number of aromatic carboxylic acids is 1. The van der Waals surface area contributed by atoms with Crippen molar-refractivity contribution in [2.45, 2.75) is 32.2 Å². The van der Waals surface area contributed by atoms with Gasteiger partial charge in [0.25, 0.3) is 0 Å². The minimum atomic E-state index is -0.980. The number of rotatable bonds is 7. The summed E-state index contributed by atoms with van der Waals surface area (Å²) in [5.74, 6) is -0.772. The molecule has 2 aromatic carbocycles. The number of anilines is 1.